The van der Waals surface area contributed by atoms with E-state index in [0.717, 1.165) is 11.1 Å². The van der Waals surface area contributed by atoms with Gasteiger partial charge in [-0.15, -0.1) is 0 Å². The molecule has 2 aliphatic heterocycles. The van der Waals surface area contributed by atoms with Gasteiger partial charge in [0, 0.05) is 16.3 Å². The van der Waals surface area contributed by atoms with Gasteiger partial charge in [-0.25, -0.2) is 4.79 Å². The molecule has 7 nitrogen and oxygen atoms in total. The fourth-order valence-electron chi connectivity index (χ4n) is 5.10. The molecule has 1 fully saturated rings. The lowest BCUT2D eigenvalue weighted by molar-refractivity contribution is -0.131. The molecule has 5 rings (SSSR count). The van der Waals surface area contributed by atoms with Crippen molar-refractivity contribution >= 4 is 34.9 Å². The van der Waals surface area contributed by atoms with Gasteiger partial charge in [0.1, 0.15) is 5.92 Å². The highest BCUT2D eigenvalue weighted by molar-refractivity contribution is 6.31. The average Bonchev–Trinajstić information content (AvgIpc) is 2.80. The molecule has 2 aliphatic rings. The van der Waals surface area contributed by atoms with Crippen LogP contribution in [0, 0.1) is 19.8 Å². The molecule has 2 bridgehead atoms. The van der Waals surface area contributed by atoms with Crippen molar-refractivity contribution in [3.8, 4) is 11.5 Å². The number of rotatable bonds is 4. The Morgan fingerprint density at radius 1 is 1.14 bits per heavy atom. The Morgan fingerprint density at radius 3 is 2.63 bits per heavy atom. The van der Waals surface area contributed by atoms with Crippen molar-refractivity contribution in [2.75, 3.05) is 17.3 Å². The van der Waals surface area contributed by atoms with Crippen LogP contribution in [0.15, 0.2) is 60.7 Å². The van der Waals surface area contributed by atoms with E-state index in [9.17, 15) is 9.59 Å². The highest BCUT2D eigenvalue weighted by Crippen LogP contribution is 2.52. The summed E-state index contributed by atoms with van der Waals surface area (Å²) in [5.41, 5.74) is 2.58. The Labute approximate surface area is 209 Å². The monoisotopic (exact) mass is 491 g/mol. The van der Waals surface area contributed by atoms with Crippen LogP contribution in [-0.4, -0.2) is 24.8 Å². The van der Waals surface area contributed by atoms with Gasteiger partial charge in [0.2, 0.25) is 11.6 Å². The summed E-state index contributed by atoms with van der Waals surface area (Å²) in [7, 11) is 1.56. The molecule has 180 valence electrons. The summed E-state index contributed by atoms with van der Waals surface area (Å²) in [5.74, 6) is -0.0521. The van der Waals surface area contributed by atoms with E-state index >= 15 is 0 Å². The number of aryl methyl sites for hydroxylation is 2. The smallest absolute Gasteiger partial charge is 0.325 e. The van der Waals surface area contributed by atoms with Crippen LogP contribution in [0.3, 0.4) is 0 Å². The van der Waals surface area contributed by atoms with Gasteiger partial charge in [0.05, 0.1) is 18.8 Å². The predicted octanol–water partition coefficient (Wildman–Crippen LogP) is 5.60. The molecule has 0 radical (unpaired) electrons. The molecule has 3 atom stereocenters. The average molecular weight is 492 g/mol. The summed E-state index contributed by atoms with van der Waals surface area (Å²) < 4.78 is 12.1. The number of nitrogens with zero attached hydrogens (tertiary/aromatic N) is 1. The summed E-state index contributed by atoms with van der Waals surface area (Å²) in [6.45, 7) is 5.70. The molecule has 0 spiro atoms. The highest BCUT2D eigenvalue weighted by atomic mass is 35.5. The Hall–Kier alpha value is -3.71. The Bertz CT molecular complexity index is 1340. The minimum absolute atomic E-state index is 0.273. The molecule has 3 aromatic carbocycles. The maximum atomic E-state index is 13.9. The molecule has 0 saturated carbocycles. The normalized spacial score (nSPS) is 22.5. The van der Waals surface area contributed by atoms with E-state index in [2.05, 4.69) is 10.6 Å². The fourth-order valence-corrected chi connectivity index (χ4v) is 5.28. The second kappa shape index (κ2) is 8.50. The number of benzene rings is 3. The lowest BCUT2D eigenvalue weighted by atomic mass is 9.78. The van der Waals surface area contributed by atoms with Crippen LogP contribution in [0.4, 0.5) is 16.2 Å². The van der Waals surface area contributed by atoms with Crippen molar-refractivity contribution < 1.29 is 19.1 Å². The molecule has 8 heteroatoms. The summed E-state index contributed by atoms with van der Waals surface area (Å²) in [6.07, 6.45) is 0. The van der Waals surface area contributed by atoms with Crippen LogP contribution in [0.1, 0.15) is 29.7 Å². The maximum absolute atomic E-state index is 13.9. The number of hydrogen-bond acceptors (Lipinski definition) is 4. The van der Waals surface area contributed by atoms with Crippen LogP contribution in [0.2, 0.25) is 5.02 Å². The molecule has 0 unspecified atom stereocenters. The van der Waals surface area contributed by atoms with E-state index in [4.69, 9.17) is 21.1 Å². The van der Waals surface area contributed by atoms with Crippen LogP contribution in [0.25, 0.3) is 0 Å². The summed E-state index contributed by atoms with van der Waals surface area (Å²) in [5, 5.41) is 6.56. The number of methoxy groups -OCH3 is 1. The summed E-state index contributed by atoms with van der Waals surface area (Å²) >= 11 is 6.26. The number of anilines is 2. The second-order valence-corrected chi connectivity index (χ2v) is 9.50. The first-order valence-corrected chi connectivity index (χ1v) is 11.7. The van der Waals surface area contributed by atoms with Crippen molar-refractivity contribution in [1.82, 2.24) is 5.32 Å². The van der Waals surface area contributed by atoms with E-state index in [-0.39, 0.29) is 11.9 Å². The standard InChI is InChI=1S/C27H26ClN3O4/c1-15-11-12-20(16(2)13-15)29-25(32)22-23-19-9-6-10-21(34-4)24(19)35-27(22,3)31(26(33)30-23)18-8-5-7-17(28)14-18/h5-14,22-23H,1-4H3,(H,29,32)(H,30,33)/t22-,23-,27-/m1/s1. The number of carbonyl (C=O) groups is 2. The second-order valence-electron chi connectivity index (χ2n) is 9.06. The summed E-state index contributed by atoms with van der Waals surface area (Å²) in [6, 6.07) is 17.2. The molecule has 1 saturated heterocycles. The lowest BCUT2D eigenvalue weighted by Crippen LogP contribution is -2.72. The first-order valence-electron chi connectivity index (χ1n) is 11.3. The quantitative estimate of drug-likeness (QED) is 0.498. The number of fused-ring (bicyclic) bond motifs is 4. The predicted molar refractivity (Wildman–Crippen MR) is 135 cm³/mol. The number of nitrogens with one attached hydrogen (secondary N) is 2. The van der Waals surface area contributed by atoms with Gasteiger partial charge >= 0.3 is 6.03 Å². The number of halogens is 1. The van der Waals surface area contributed by atoms with E-state index in [1.54, 1.807) is 44.4 Å². The molecule has 3 aromatic rings. The zero-order valence-electron chi connectivity index (χ0n) is 19.9. The van der Waals surface area contributed by atoms with Crippen LogP contribution in [-0.2, 0) is 4.79 Å². The molecule has 2 heterocycles. The lowest BCUT2D eigenvalue weighted by Gasteiger charge is -2.54. The number of carbonyl (C=O) groups excluding carboxylic acids is 2. The van der Waals surface area contributed by atoms with Crippen molar-refractivity contribution in [2.24, 2.45) is 5.92 Å². The SMILES string of the molecule is COc1cccc2c1O[C@]1(C)[C@@H](C(=O)Nc3ccc(C)cc3C)[C@@H]2NC(=O)N1c1cccc(Cl)c1. The summed E-state index contributed by atoms with van der Waals surface area (Å²) in [4.78, 5) is 28.8. The number of hydrogen-bond donors (Lipinski definition) is 2. The van der Waals surface area contributed by atoms with Gasteiger partial charge in [-0.05, 0) is 56.7 Å². The number of amides is 3. The molecule has 2 N–H and O–H groups in total. The Morgan fingerprint density at radius 2 is 1.91 bits per heavy atom. The molecular weight excluding hydrogens is 466 g/mol. The maximum Gasteiger partial charge on any atom is 0.325 e. The number of urea groups is 1. The largest absolute Gasteiger partial charge is 0.493 e. The molecule has 3 amide bonds. The van der Waals surface area contributed by atoms with Gasteiger partial charge < -0.3 is 20.1 Å². The zero-order chi connectivity index (χ0) is 24.9. The van der Waals surface area contributed by atoms with Crippen molar-refractivity contribution in [1.29, 1.82) is 0 Å². The third-order valence-electron chi connectivity index (χ3n) is 6.70. The molecular formula is C27H26ClN3O4. The minimum atomic E-state index is -1.37. The van der Waals surface area contributed by atoms with Gasteiger partial charge in [0.25, 0.3) is 0 Å². The zero-order valence-corrected chi connectivity index (χ0v) is 20.6. The van der Waals surface area contributed by atoms with Crippen molar-refractivity contribution in [3.05, 3.63) is 82.4 Å². The molecule has 0 aromatic heterocycles. The van der Waals surface area contributed by atoms with Gasteiger partial charge in [-0.2, -0.15) is 0 Å². The third kappa shape index (κ3) is 3.76. The number of ether oxygens (including phenoxy) is 2. The van der Waals surface area contributed by atoms with Crippen molar-refractivity contribution in [2.45, 2.75) is 32.5 Å². The van der Waals surface area contributed by atoms with E-state index in [0.29, 0.717) is 33.5 Å². The van der Waals surface area contributed by atoms with E-state index in [1.165, 1.54) is 4.90 Å². The number of para-hydroxylation sites is 1. The van der Waals surface area contributed by atoms with E-state index < -0.39 is 17.7 Å². The molecule has 35 heavy (non-hydrogen) atoms. The van der Waals surface area contributed by atoms with Crippen LogP contribution >= 0.6 is 11.6 Å². The first kappa shape index (κ1) is 23.1. The first-order chi connectivity index (χ1) is 16.7. The fraction of sp³-hybridized carbons (Fsp3) is 0.259. The van der Waals surface area contributed by atoms with Gasteiger partial charge in [-0.1, -0.05) is 47.5 Å². The van der Waals surface area contributed by atoms with Gasteiger partial charge in [0.15, 0.2) is 11.5 Å². The highest BCUT2D eigenvalue weighted by Gasteiger charge is 2.60. The Balaban J connectivity index is 1.65. The van der Waals surface area contributed by atoms with Gasteiger partial charge in [-0.3, -0.25) is 9.69 Å². The topological polar surface area (TPSA) is 79.9 Å². The van der Waals surface area contributed by atoms with Crippen LogP contribution in [0.5, 0.6) is 11.5 Å². The minimum Gasteiger partial charge on any atom is -0.493 e. The Kier molecular flexibility index (Phi) is 5.60. The van der Waals surface area contributed by atoms with Crippen LogP contribution < -0.4 is 25.0 Å². The van der Waals surface area contributed by atoms with E-state index in [1.807, 2.05) is 44.2 Å². The van der Waals surface area contributed by atoms with Crippen molar-refractivity contribution in [3.63, 3.8) is 0 Å². The third-order valence-corrected chi connectivity index (χ3v) is 6.93. The molecule has 0 aliphatic carbocycles.